The Bertz CT molecular complexity index is 463. The molecule has 1 aromatic heterocycles. The largest absolute Gasteiger partial charge is 0.406 e. The maximum absolute atomic E-state index is 12.4. The molecule has 0 bridgehead atoms. The van der Waals surface area contributed by atoms with E-state index in [1.807, 2.05) is 0 Å². The fraction of sp³-hybridized carbons (Fsp3) is 0.500. The normalized spacial score (nSPS) is 11.5. The third-order valence-corrected chi connectivity index (χ3v) is 2.68. The van der Waals surface area contributed by atoms with Crippen LogP contribution in [0.25, 0.3) is 0 Å². The van der Waals surface area contributed by atoms with Crippen LogP contribution in [0.1, 0.15) is 29.4 Å². The van der Waals surface area contributed by atoms with Crippen molar-refractivity contribution in [2.24, 2.45) is 0 Å². The van der Waals surface area contributed by atoms with Crippen molar-refractivity contribution in [2.75, 3.05) is 13.1 Å². The third-order valence-electron chi connectivity index (χ3n) is 2.37. The van der Waals surface area contributed by atoms with Crippen LogP contribution >= 0.6 is 11.6 Å². The van der Waals surface area contributed by atoms with Gasteiger partial charge in [-0.2, -0.15) is 13.2 Å². The number of carbonyl (C=O) groups excluding carboxylic acids is 1. The molecular weight excluding hydrogens is 281 g/mol. The van der Waals surface area contributed by atoms with E-state index in [0.29, 0.717) is 12.1 Å². The van der Waals surface area contributed by atoms with Gasteiger partial charge in [-0.15, -0.1) is 0 Å². The molecule has 0 unspecified atom stereocenters. The van der Waals surface area contributed by atoms with E-state index in [2.05, 4.69) is 4.98 Å². The zero-order valence-electron chi connectivity index (χ0n) is 10.6. The van der Waals surface area contributed by atoms with Gasteiger partial charge in [0.2, 0.25) is 0 Å². The highest BCUT2D eigenvalue weighted by molar-refractivity contribution is 6.33. The standard InChI is InChI=1S/C12H14ClF3N2O/c1-3-4-18(7-12(14,15)16)11(19)9-6-17-8(2)5-10(9)13/h5-6H,3-4,7H2,1-2H3. The topological polar surface area (TPSA) is 33.2 Å². The van der Waals surface area contributed by atoms with Crippen molar-refractivity contribution in [1.29, 1.82) is 0 Å². The second-order valence-corrected chi connectivity index (χ2v) is 4.55. The maximum Gasteiger partial charge on any atom is 0.406 e. The van der Waals surface area contributed by atoms with Gasteiger partial charge in [-0.3, -0.25) is 9.78 Å². The van der Waals surface area contributed by atoms with Crippen molar-refractivity contribution in [1.82, 2.24) is 9.88 Å². The van der Waals surface area contributed by atoms with Crippen LogP contribution in [0, 0.1) is 6.92 Å². The molecule has 0 radical (unpaired) electrons. The fourth-order valence-corrected chi connectivity index (χ4v) is 1.88. The van der Waals surface area contributed by atoms with Crippen LogP contribution in [0.4, 0.5) is 13.2 Å². The molecule has 0 aliphatic rings. The Morgan fingerprint density at radius 2 is 2.11 bits per heavy atom. The predicted molar refractivity (Wildman–Crippen MR) is 66.2 cm³/mol. The molecule has 0 saturated carbocycles. The van der Waals surface area contributed by atoms with E-state index in [1.54, 1.807) is 13.8 Å². The van der Waals surface area contributed by atoms with E-state index < -0.39 is 18.6 Å². The molecule has 0 aromatic carbocycles. The van der Waals surface area contributed by atoms with Crippen molar-refractivity contribution in [3.05, 3.63) is 28.5 Å². The predicted octanol–water partition coefficient (Wildman–Crippen LogP) is 3.46. The number of alkyl halides is 3. The molecule has 0 atom stereocenters. The van der Waals surface area contributed by atoms with Gasteiger partial charge in [0.25, 0.3) is 5.91 Å². The van der Waals surface area contributed by atoms with Gasteiger partial charge in [0.15, 0.2) is 0 Å². The lowest BCUT2D eigenvalue weighted by atomic mass is 10.2. The number of pyridine rings is 1. The number of aromatic nitrogens is 1. The zero-order chi connectivity index (χ0) is 14.6. The van der Waals surface area contributed by atoms with Gasteiger partial charge in [0, 0.05) is 18.4 Å². The Kier molecular flexibility index (Phi) is 5.17. The number of amides is 1. The Labute approximate surface area is 114 Å². The number of halogens is 4. The number of carbonyl (C=O) groups is 1. The minimum absolute atomic E-state index is 0.00929. The van der Waals surface area contributed by atoms with E-state index in [1.165, 1.54) is 12.3 Å². The monoisotopic (exact) mass is 294 g/mol. The molecule has 0 spiro atoms. The average Bonchev–Trinajstić information content (AvgIpc) is 2.26. The van der Waals surface area contributed by atoms with Gasteiger partial charge in [-0.25, -0.2) is 0 Å². The quantitative estimate of drug-likeness (QED) is 0.852. The van der Waals surface area contributed by atoms with E-state index in [-0.39, 0.29) is 17.1 Å². The third kappa shape index (κ3) is 4.70. The smallest absolute Gasteiger partial charge is 0.329 e. The molecule has 3 nitrogen and oxygen atoms in total. The van der Waals surface area contributed by atoms with Crippen molar-refractivity contribution in [3.63, 3.8) is 0 Å². The second-order valence-electron chi connectivity index (χ2n) is 4.15. The summed E-state index contributed by atoms with van der Waals surface area (Å²) in [5.74, 6) is -0.753. The Morgan fingerprint density at radius 3 is 2.58 bits per heavy atom. The summed E-state index contributed by atoms with van der Waals surface area (Å²) in [7, 11) is 0. The van der Waals surface area contributed by atoms with Crippen LogP contribution in [0.15, 0.2) is 12.3 Å². The molecule has 7 heteroatoms. The molecule has 106 valence electrons. The first-order valence-corrected chi connectivity index (χ1v) is 6.10. The van der Waals surface area contributed by atoms with Crippen LogP contribution in [0.2, 0.25) is 5.02 Å². The van der Waals surface area contributed by atoms with Gasteiger partial charge in [0.05, 0.1) is 10.6 Å². The highest BCUT2D eigenvalue weighted by atomic mass is 35.5. The van der Waals surface area contributed by atoms with Gasteiger partial charge in [-0.1, -0.05) is 18.5 Å². The number of hydrogen-bond acceptors (Lipinski definition) is 2. The number of nitrogens with zero attached hydrogens (tertiary/aromatic N) is 2. The number of hydrogen-bond donors (Lipinski definition) is 0. The molecule has 1 rings (SSSR count). The summed E-state index contributed by atoms with van der Waals surface area (Å²) < 4.78 is 37.3. The minimum Gasteiger partial charge on any atom is -0.329 e. The number of aryl methyl sites for hydroxylation is 1. The molecule has 1 amide bonds. The van der Waals surface area contributed by atoms with E-state index in [0.717, 1.165) is 4.90 Å². The molecular formula is C12H14ClF3N2O. The van der Waals surface area contributed by atoms with Crippen molar-refractivity contribution < 1.29 is 18.0 Å². The van der Waals surface area contributed by atoms with Gasteiger partial charge in [0.1, 0.15) is 6.54 Å². The Hall–Kier alpha value is -1.30. The van der Waals surface area contributed by atoms with Crippen molar-refractivity contribution in [2.45, 2.75) is 26.4 Å². The molecule has 0 saturated heterocycles. The SMILES string of the molecule is CCCN(CC(F)(F)F)C(=O)c1cnc(C)cc1Cl. The Balaban J connectivity index is 2.99. The summed E-state index contributed by atoms with van der Waals surface area (Å²) in [6.07, 6.45) is -2.80. The van der Waals surface area contributed by atoms with Gasteiger partial charge < -0.3 is 4.90 Å². The molecule has 0 aliphatic heterocycles. The molecule has 0 fully saturated rings. The minimum atomic E-state index is -4.44. The first-order chi connectivity index (χ1) is 8.74. The van der Waals surface area contributed by atoms with Gasteiger partial charge >= 0.3 is 6.18 Å². The second kappa shape index (κ2) is 6.23. The number of rotatable bonds is 4. The molecule has 1 heterocycles. The van der Waals surface area contributed by atoms with Crippen LogP contribution in [0.5, 0.6) is 0 Å². The summed E-state index contributed by atoms with van der Waals surface area (Å²) in [4.78, 5) is 16.7. The summed E-state index contributed by atoms with van der Waals surface area (Å²) in [5, 5.41) is 0.112. The molecule has 0 aliphatic carbocycles. The average molecular weight is 295 g/mol. The summed E-state index contributed by atoms with van der Waals surface area (Å²) in [6, 6.07) is 1.45. The van der Waals surface area contributed by atoms with Crippen LogP contribution in [0.3, 0.4) is 0 Å². The first-order valence-electron chi connectivity index (χ1n) is 5.72. The van der Waals surface area contributed by atoms with Crippen molar-refractivity contribution >= 4 is 17.5 Å². The van der Waals surface area contributed by atoms with E-state index in [4.69, 9.17) is 11.6 Å². The van der Waals surface area contributed by atoms with Crippen LogP contribution in [-0.4, -0.2) is 35.1 Å². The lowest BCUT2D eigenvalue weighted by molar-refractivity contribution is -0.140. The van der Waals surface area contributed by atoms with Crippen LogP contribution in [-0.2, 0) is 0 Å². The molecule has 1 aromatic rings. The van der Waals surface area contributed by atoms with E-state index in [9.17, 15) is 18.0 Å². The van der Waals surface area contributed by atoms with Gasteiger partial charge in [-0.05, 0) is 19.4 Å². The first kappa shape index (κ1) is 15.8. The van der Waals surface area contributed by atoms with E-state index >= 15 is 0 Å². The maximum atomic E-state index is 12.4. The lowest BCUT2D eigenvalue weighted by Gasteiger charge is -2.23. The summed E-state index contributed by atoms with van der Waals surface area (Å²) in [5.41, 5.74) is 0.587. The lowest BCUT2D eigenvalue weighted by Crippen LogP contribution is -2.39. The zero-order valence-corrected chi connectivity index (χ0v) is 11.3. The highest BCUT2D eigenvalue weighted by Gasteiger charge is 2.33. The molecule has 19 heavy (non-hydrogen) atoms. The molecule has 0 N–H and O–H groups in total. The van der Waals surface area contributed by atoms with Crippen LogP contribution < -0.4 is 0 Å². The fourth-order valence-electron chi connectivity index (χ4n) is 1.59. The van der Waals surface area contributed by atoms with Crippen molar-refractivity contribution in [3.8, 4) is 0 Å². The Morgan fingerprint density at radius 1 is 1.47 bits per heavy atom. The summed E-state index contributed by atoms with van der Waals surface area (Å²) >= 11 is 5.87. The highest BCUT2D eigenvalue weighted by Crippen LogP contribution is 2.21. The summed E-state index contributed by atoms with van der Waals surface area (Å²) in [6.45, 7) is 2.11.